The fourth-order valence-corrected chi connectivity index (χ4v) is 21.9. The molecule has 4 aliphatic carbocycles. The van der Waals surface area contributed by atoms with Crippen molar-refractivity contribution in [3.63, 3.8) is 0 Å². The van der Waals surface area contributed by atoms with Crippen molar-refractivity contribution in [2.75, 3.05) is 0 Å². The molecule has 0 radical (unpaired) electrons. The first-order chi connectivity index (χ1) is 19.6. The van der Waals surface area contributed by atoms with Gasteiger partial charge in [-0.1, -0.05) is 0 Å². The molecule has 0 spiro atoms. The molecular weight excluding hydrogens is 591 g/mol. The second-order valence-corrected chi connectivity index (χ2v) is 24.0. The van der Waals surface area contributed by atoms with E-state index in [1.54, 1.807) is 5.57 Å². The second-order valence-electron chi connectivity index (χ2n) is 13.4. The summed E-state index contributed by atoms with van der Waals surface area (Å²) in [5.74, 6) is 3.10. The van der Waals surface area contributed by atoms with Gasteiger partial charge < -0.3 is 0 Å². The molecule has 6 atom stereocenters. The zero-order valence-corrected chi connectivity index (χ0v) is 26.9. The van der Waals surface area contributed by atoms with E-state index in [9.17, 15) is 5.11 Å². The van der Waals surface area contributed by atoms with E-state index >= 15 is 0 Å². The normalized spacial score (nSPS) is 33.6. The molecule has 4 aliphatic rings. The molecule has 206 valence electrons. The Morgan fingerprint density at radius 2 is 1.32 bits per heavy atom. The van der Waals surface area contributed by atoms with Crippen molar-refractivity contribution in [1.29, 1.82) is 0 Å². The molecule has 1 nitrogen and oxygen atoms in total. The van der Waals surface area contributed by atoms with Gasteiger partial charge in [-0.3, -0.25) is 0 Å². The summed E-state index contributed by atoms with van der Waals surface area (Å²) in [5.41, 5.74) is 1.00. The second kappa shape index (κ2) is 10.6. The fourth-order valence-electron chi connectivity index (χ4n) is 9.78. The molecule has 0 amide bonds. The number of rotatable bonds is 5. The summed E-state index contributed by atoms with van der Waals surface area (Å²) in [5, 5.41) is 12.7. The van der Waals surface area contributed by atoms with Crippen LogP contribution in [0.3, 0.4) is 0 Å². The third-order valence-electron chi connectivity index (χ3n) is 11.9. The van der Waals surface area contributed by atoms with Crippen LogP contribution in [-0.4, -0.2) is 29.1 Å². The minimum absolute atomic E-state index is 0.0395. The van der Waals surface area contributed by atoms with Crippen molar-refractivity contribution in [2.45, 2.75) is 70.3 Å². The minimum atomic E-state index is -3.59. The molecule has 0 saturated heterocycles. The average Bonchev–Trinajstić information content (AvgIpc) is 3.29. The van der Waals surface area contributed by atoms with Crippen molar-refractivity contribution >= 4 is 29.1 Å². The van der Waals surface area contributed by atoms with Crippen LogP contribution in [0.2, 0.25) is 0 Å². The predicted octanol–water partition coefficient (Wildman–Crippen LogP) is 6.95. The van der Waals surface area contributed by atoms with Gasteiger partial charge in [0.1, 0.15) is 0 Å². The Labute approximate surface area is 245 Å². The monoisotopic (exact) mass is 636 g/mol. The summed E-state index contributed by atoms with van der Waals surface area (Å²) in [6, 6.07) is 33.6. The van der Waals surface area contributed by atoms with Crippen molar-refractivity contribution in [3.8, 4) is 0 Å². The molecule has 0 aromatic heterocycles. The first-order valence-electron chi connectivity index (χ1n) is 15.8. The Hall–Kier alpha value is -2.10. The van der Waals surface area contributed by atoms with Crippen molar-refractivity contribution in [1.82, 2.24) is 0 Å². The third-order valence-corrected chi connectivity index (χ3v) is 24.4. The summed E-state index contributed by atoms with van der Waals surface area (Å²) in [6.45, 7) is 2.46. The molecule has 0 bridgehead atoms. The molecule has 0 heterocycles. The number of fused-ring (bicyclic) bond motifs is 5. The number of hydrogen-bond donors (Lipinski definition) is 1. The Morgan fingerprint density at radius 3 is 1.93 bits per heavy atom. The van der Waals surface area contributed by atoms with Crippen LogP contribution >= 0.6 is 0 Å². The number of benzene rings is 3. The topological polar surface area (TPSA) is 20.2 Å². The van der Waals surface area contributed by atoms with E-state index in [-0.39, 0.29) is 5.41 Å². The summed E-state index contributed by atoms with van der Waals surface area (Å²) in [4.78, 5) is 0. The van der Waals surface area contributed by atoms with Gasteiger partial charge in [-0.25, -0.2) is 0 Å². The van der Waals surface area contributed by atoms with Crippen molar-refractivity contribution < 1.29 is 5.11 Å². The van der Waals surface area contributed by atoms with Crippen LogP contribution in [0.15, 0.2) is 113 Å². The van der Waals surface area contributed by atoms with E-state index in [1.165, 1.54) is 55.7 Å². The van der Waals surface area contributed by atoms with E-state index in [0.29, 0.717) is 5.92 Å². The molecule has 1 N–H and O–H groups in total. The van der Waals surface area contributed by atoms with Gasteiger partial charge in [0.05, 0.1) is 0 Å². The standard InChI is InChI=1S/C20H29O.3C6H5.Sn/c1-3-20(21)13-11-18-17-9-8-14-6-4-5-7-15(14)16(17)10-12-19(18,20)2;3*1-2-4-6-5-3-1;/h1,3,6,15-18,21H,4-5,7-13H2,2H3;3*1-5H;/t15-,16+,17+,18-,19-,20-;;;;/m0..../s1. The van der Waals surface area contributed by atoms with Gasteiger partial charge in [0.2, 0.25) is 0 Å². The summed E-state index contributed by atoms with van der Waals surface area (Å²) in [7, 11) is 0. The molecule has 0 aliphatic heterocycles. The molecule has 3 saturated carbocycles. The Bertz CT molecular complexity index is 1280. The van der Waals surface area contributed by atoms with E-state index in [2.05, 4.69) is 114 Å². The maximum atomic E-state index is 12.7. The van der Waals surface area contributed by atoms with Gasteiger partial charge in [-0.05, 0) is 0 Å². The van der Waals surface area contributed by atoms with Crippen molar-refractivity contribution in [2.24, 2.45) is 29.1 Å². The van der Waals surface area contributed by atoms with Crippen LogP contribution in [-0.2, 0) is 0 Å². The molecule has 3 aromatic carbocycles. The van der Waals surface area contributed by atoms with Crippen LogP contribution in [0.25, 0.3) is 0 Å². The zero-order valence-electron chi connectivity index (χ0n) is 24.0. The number of aliphatic hydroxyl groups is 1. The van der Waals surface area contributed by atoms with Crippen molar-refractivity contribution in [3.05, 3.63) is 113 Å². The molecule has 3 fully saturated rings. The summed E-state index contributed by atoms with van der Waals surface area (Å²) < 4.78 is 6.92. The molecule has 7 rings (SSSR count). The van der Waals surface area contributed by atoms with Crippen LogP contribution in [0, 0.1) is 29.1 Å². The Morgan fingerprint density at radius 1 is 0.725 bits per heavy atom. The molecule has 3 aromatic rings. The molecule has 40 heavy (non-hydrogen) atoms. The van der Waals surface area contributed by atoms with E-state index in [0.717, 1.165) is 30.6 Å². The number of allylic oxidation sites excluding steroid dienone is 2. The van der Waals surface area contributed by atoms with E-state index in [1.807, 2.05) is 0 Å². The van der Waals surface area contributed by atoms with Crippen LogP contribution in [0.4, 0.5) is 0 Å². The van der Waals surface area contributed by atoms with Gasteiger partial charge >= 0.3 is 246 Å². The average molecular weight is 635 g/mol. The Balaban J connectivity index is 1.30. The predicted molar refractivity (Wildman–Crippen MR) is 170 cm³/mol. The third kappa shape index (κ3) is 4.21. The van der Waals surface area contributed by atoms with Gasteiger partial charge in [-0.15, -0.1) is 0 Å². The zero-order chi connectivity index (χ0) is 27.2. The summed E-state index contributed by atoms with van der Waals surface area (Å²) in [6.07, 6.45) is 16.2. The van der Waals surface area contributed by atoms with E-state index < -0.39 is 24.0 Å². The fraction of sp³-hybridized carbons (Fsp3) is 0.421. The molecular formula is C38H44OSn. The molecule has 2 heteroatoms. The molecule has 0 unspecified atom stereocenters. The quantitative estimate of drug-likeness (QED) is 0.238. The van der Waals surface area contributed by atoms with Crippen LogP contribution in [0.5, 0.6) is 0 Å². The van der Waals surface area contributed by atoms with E-state index in [4.69, 9.17) is 0 Å². The first kappa shape index (κ1) is 26.8. The number of hydrogen-bond acceptors (Lipinski definition) is 1. The SMILES string of the molecule is C[C@]12CC[C@H]3[C@@H](CCC4=CCCC[C@@H]43)[C@@H]1CC[C@@]2(O)/C=[CH]\[Sn]([c]1ccccc1)([c]1ccccc1)[c]1ccccc1. The Kier molecular flexibility index (Phi) is 7.11. The van der Waals surface area contributed by atoms with Gasteiger partial charge in [0.15, 0.2) is 0 Å². The first-order valence-corrected chi connectivity index (χ1v) is 21.8. The van der Waals surface area contributed by atoms with Crippen LogP contribution < -0.4 is 10.7 Å². The summed E-state index contributed by atoms with van der Waals surface area (Å²) >= 11 is -3.59. The van der Waals surface area contributed by atoms with Gasteiger partial charge in [0.25, 0.3) is 0 Å². The van der Waals surface area contributed by atoms with Gasteiger partial charge in [-0.2, -0.15) is 0 Å². The maximum absolute atomic E-state index is 12.7. The van der Waals surface area contributed by atoms with Crippen LogP contribution in [0.1, 0.15) is 64.7 Å². The van der Waals surface area contributed by atoms with Gasteiger partial charge in [0, 0.05) is 0 Å².